The van der Waals surface area contributed by atoms with Crippen molar-refractivity contribution in [1.29, 1.82) is 0 Å². The zero-order valence-electron chi connectivity index (χ0n) is 27.0. The molecule has 0 aromatic rings. The molecule has 5 rings (SSSR count). The maximum Gasteiger partial charge on any atom is 0.137 e. The lowest BCUT2D eigenvalue weighted by Crippen LogP contribution is -2.63. The number of carboxylic acid groups (broad SMARTS) is 3. The molecule has 0 spiro atoms. The Morgan fingerprint density at radius 2 is 1.60 bits per heavy atom. The van der Waals surface area contributed by atoms with E-state index in [1.807, 2.05) is 11.8 Å². The van der Waals surface area contributed by atoms with Gasteiger partial charge in [-0.3, -0.25) is 14.5 Å². The summed E-state index contributed by atoms with van der Waals surface area (Å²) in [5.74, 6) is -2.59. The first-order valence-electron chi connectivity index (χ1n) is 16.2. The third kappa shape index (κ3) is 6.99. The molecule has 0 aromatic heterocycles. The van der Waals surface area contributed by atoms with Crippen LogP contribution in [0.1, 0.15) is 92.4 Å². The van der Waals surface area contributed by atoms with Crippen LogP contribution in [0.15, 0.2) is 0 Å². The monoisotopic (exact) mass is 650 g/mol. The molecule has 4 aliphatic carbocycles. The van der Waals surface area contributed by atoms with Crippen molar-refractivity contribution in [3.8, 4) is 0 Å². The third-order valence-electron chi connectivity index (χ3n) is 12.0. The Labute approximate surface area is 269 Å². The van der Waals surface area contributed by atoms with Crippen LogP contribution in [0, 0.1) is 40.4 Å². The van der Waals surface area contributed by atoms with Crippen LogP contribution in [0.25, 0.3) is 0 Å². The molecule has 0 aromatic carbocycles. The molecule has 254 valence electrons. The maximum atomic E-state index is 13.9. The SMILES string of the molecule is CC(=O)[C@H]1CC[C@H]2[C@@H]3CC[C@H]4C[C@H](O)[C@@H](N5CCSC(C)(C)C5)C[C@]4(C)[C@H]3C(=O)C[C@]12C.O=C([O-])CC(O)(CC(=O)[O-])C(=O)[O-]. The van der Waals surface area contributed by atoms with Crippen molar-refractivity contribution >= 4 is 41.2 Å². The van der Waals surface area contributed by atoms with E-state index in [1.54, 1.807) is 6.92 Å². The summed E-state index contributed by atoms with van der Waals surface area (Å²) in [6.45, 7) is 13.1. The summed E-state index contributed by atoms with van der Waals surface area (Å²) in [6, 6.07) is 0.171. The number of Topliss-reactive ketones (excluding diaryl/α,β-unsaturated/α-hetero) is 2. The van der Waals surface area contributed by atoms with E-state index in [-0.39, 0.29) is 45.3 Å². The first kappa shape index (κ1) is 35.8. The van der Waals surface area contributed by atoms with Crippen LogP contribution in [-0.2, 0) is 24.0 Å². The number of thioether (sulfide) groups is 1. The Morgan fingerprint density at radius 3 is 2.13 bits per heavy atom. The molecule has 0 radical (unpaired) electrons. The number of carbonyl (C=O) groups is 5. The van der Waals surface area contributed by atoms with Crippen LogP contribution in [0.5, 0.6) is 0 Å². The van der Waals surface area contributed by atoms with E-state index in [9.17, 15) is 44.4 Å². The minimum absolute atomic E-state index is 0.0196. The van der Waals surface area contributed by atoms with Gasteiger partial charge >= 0.3 is 0 Å². The van der Waals surface area contributed by atoms with Gasteiger partial charge in [-0.15, -0.1) is 0 Å². The lowest BCUT2D eigenvalue weighted by Gasteiger charge is -2.62. The van der Waals surface area contributed by atoms with Gasteiger partial charge in [-0.05, 0) is 87.9 Å². The van der Waals surface area contributed by atoms with Gasteiger partial charge in [0.25, 0.3) is 0 Å². The number of hydrogen-bond acceptors (Lipinski definition) is 12. The first-order chi connectivity index (χ1) is 20.7. The predicted molar refractivity (Wildman–Crippen MR) is 159 cm³/mol. The van der Waals surface area contributed by atoms with Gasteiger partial charge in [-0.2, -0.15) is 11.8 Å². The van der Waals surface area contributed by atoms with E-state index in [0.717, 1.165) is 57.4 Å². The zero-order chi connectivity index (χ0) is 33.7. The molecule has 1 saturated heterocycles. The molecule has 0 unspecified atom stereocenters. The summed E-state index contributed by atoms with van der Waals surface area (Å²) in [6.07, 6.45) is 3.71. The van der Waals surface area contributed by atoms with Gasteiger partial charge in [0.1, 0.15) is 17.2 Å². The molecule has 11 nitrogen and oxygen atoms in total. The van der Waals surface area contributed by atoms with Crippen molar-refractivity contribution in [3.05, 3.63) is 0 Å². The zero-order valence-corrected chi connectivity index (χ0v) is 27.9. The van der Waals surface area contributed by atoms with Crippen LogP contribution < -0.4 is 15.3 Å². The molecule has 0 amide bonds. The van der Waals surface area contributed by atoms with Gasteiger partial charge in [0.05, 0.1) is 12.1 Å². The minimum atomic E-state index is -2.97. The summed E-state index contributed by atoms with van der Waals surface area (Å²) >= 11 is 2.04. The van der Waals surface area contributed by atoms with Gasteiger partial charge < -0.3 is 39.9 Å². The highest BCUT2D eigenvalue weighted by Crippen LogP contribution is 2.66. The average molecular weight is 651 g/mol. The van der Waals surface area contributed by atoms with Gasteiger partial charge in [0.15, 0.2) is 0 Å². The molecule has 1 aliphatic heterocycles. The lowest BCUT2D eigenvalue weighted by molar-refractivity contribution is -0.339. The predicted octanol–water partition coefficient (Wildman–Crippen LogP) is -0.672. The summed E-state index contributed by atoms with van der Waals surface area (Å²) in [4.78, 5) is 58.9. The number of rotatable bonds is 7. The van der Waals surface area contributed by atoms with E-state index < -0.39 is 36.4 Å². The Kier molecular flexibility index (Phi) is 10.3. The summed E-state index contributed by atoms with van der Waals surface area (Å²) in [5, 5.41) is 50.1. The molecular weight excluding hydrogens is 602 g/mol. The van der Waals surface area contributed by atoms with Crippen LogP contribution >= 0.6 is 11.8 Å². The smallest absolute Gasteiger partial charge is 0.137 e. The number of nitrogens with zero attached hydrogens (tertiary/aromatic N) is 1. The fourth-order valence-electron chi connectivity index (χ4n) is 10.2. The van der Waals surface area contributed by atoms with Crippen LogP contribution in [0.3, 0.4) is 0 Å². The van der Waals surface area contributed by atoms with Crippen molar-refractivity contribution in [1.82, 2.24) is 4.90 Å². The van der Waals surface area contributed by atoms with Crippen molar-refractivity contribution in [3.63, 3.8) is 0 Å². The highest BCUT2D eigenvalue weighted by atomic mass is 32.2. The number of aliphatic hydroxyl groups excluding tert-OH is 1. The second-order valence-corrected chi connectivity index (χ2v) is 17.3. The number of carbonyl (C=O) groups excluding carboxylic acids is 5. The third-order valence-corrected chi connectivity index (χ3v) is 13.3. The fraction of sp³-hybridized carbons (Fsp3) is 0.848. The topological polar surface area (TPSA) is 198 Å². The van der Waals surface area contributed by atoms with E-state index in [2.05, 4.69) is 32.6 Å². The van der Waals surface area contributed by atoms with Gasteiger partial charge in [0, 0.05) is 72.7 Å². The van der Waals surface area contributed by atoms with Crippen LogP contribution in [0.4, 0.5) is 0 Å². The number of hydrogen-bond donors (Lipinski definition) is 2. The number of ketones is 2. The normalized spacial score (nSPS) is 39.4. The van der Waals surface area contributed by atoms with Crippen LogP contribution in [-0.4, -0.2) is 85.9 Å². The van der Waals surface area contributed by atoms with Crippen molar-refractivity contribution in [2.45, 2.75) is 115 Å². The summed E-state index contributed by atoms with van der Waals surface area (Å²) in [5.41, 5.74) is -3.12. The molecule has 45 heavy (non-hydrogen) atoms. The number of carboxylic acids is 3. The Balaban J connectivity index is 0.000000302. The lowest BCUT2D eigenvalue weighted by atomic mass is 9.43. The Morgan fingerprint density at radius 1 is 0.978 bits per heavy atom. The molecule has 9 atom stereocenters. The summed E-state index contributed by atoms with van der Waals surface area (Å²) in [7, 11) is 0. The molecule has 12 heteroatoms. The highest BCUT2D eigenvalue weighted by molar-refractivity contribution is 8.00. The summed E-state index contributed by atoms with van der Waals surface area (Å²) < 4.78 is 0.221. The van der Waals surface area contributed by atoms with E-state index in [1.165, 1.54) is 0 Å². The van der Waals surface area contributed by atoms with E-state index in [0.29, 0.717) is 30.0 Å². The molecule has 0 bridgehead atoms. The number of fused-ring (bicyclic) bond motifs is 5. The van der Waals surface area contributed by atoms with E-state index >= 15 is 0 Å². The first-order valence-corrected chi connectivity index (χ1v) is 17.2. The standard InChI is InChI=1S/C27H43NO3S.C6H8O7/c1-16(29)19-8-9-20-18-7-6-17-12-22(30)21(28-10-11-32-25(2,3)15-28)13-26(17,4)24(18)23(31)14-27(19,20)5;7-3(8)1-6(13,5(11)12)2-4(9)10/h17-22,24,30H,6-15H2,1-5H3;13H,1-2H2,(H,7,8)(H,9,10)(H,11,12)/p-3/t17-,18-,19+,20-,21-,22-,24+,26-,27+;/m0./s1. The van der Waals surface area contributed by atoms with Gasteiger partial charge in [0.2, 0.25) is 0 Å². The number of aliphatic carboxylic acids is 3. The molecule has 1 heterocycles. The van der Waals surface area contributed by atoms with Crippen molar-refractivity contribution in [2.24, 2.45) is 40.4 Å². The van der Waals surface area contributed by atoms with Gasteiger partial charge in [-0.25, -0.2) is 0 Å². The minimum Gasteiger partial charge on any atom is -0.550 e. The van der Waals surface area contributed by atoms with Crippen molar-refractivity contribution < 1.29 is 49.5 Å². The second-order valence-electron chi connectivity index (χ2n) is 15.5. The maximum absolute atomic E-state index is 13.9. The molecular formula is C33H48NO10S-3. The number of aliphatic hydroxyl groups is 2. The van der Waals surface area contributed by atoms with Crippen molar-refractivity contribution in [2.75, 3.05) is 18.8 Å². The quantitative estimate of drug-likeness (QED) is 0.353. The van der Waals surface area contributed by atoms with Crippen LogP contribution in [0.2, 0.25) is 0 Å². The highest BCUT2D eigenvalue weighted by Gasteiger charge is 2.64. The fourth-order valence-corrected chi connectivity index (χ4v) is 11.3. The Hall–Kier alpha value is -2.02. The molecule has 5 aliphatic rings. The largest absolute Gasteiger partial charge is 0.550 e. The molecule has 2 N–H and O–H groups in total. The molecule has 4 saturated carbocycles. The molecule has 5 fully saturated rings. The average Bonchev–Trinajstić information content (AvgIpc) is 3.24. The van der Waals surface area contributed by atoms with E-state index in [4.69, 9.17) is 5.11 Å². The van der Waals surface area contributed by atoms with Gasteiger partial charge in [-0.1, -0.05) is 13.8 Å². The Bertz CT molecular complexity index is 1190. The second kappa shape index (κ2) is 12.9.